The molecule has 2 N–H and O–H groups in total. The molecular weight excluding hydrogens is 421 g/mol. The number of hydrogen-bond donors (Lipinski definition) is 2. The molecule has 7 heteroatoms. The number of ether oxygens (including phenoxy) is 3. The second-order valence-corrected chi connectivity index (χ2v) is 5.76. The van der Waals surface area contributed by atoms with Gasteiger partial charge in [-0.3, -0.25) is 4.99 Å². The number of guanidine groups is 1. The van der Waals surface area contributed by atoms with Gasteiger partial charge in [0.2, 0.25) is 0 Å². The average Bonchev–Trinajstić information content (AvgIpc) is 2.98. The van der Waals surface area contributed by atoms with E-state index in [2.05, 4.69) is 15.6 Å². The molecule has 0 spiro atoms. The van der Waals surface area contributed by atoms with Crippen LogP contribution in [0.1, 0.15) is 25.7 Å². The second kappa shape index (κ2) is 9.93. The molecule has 0 saturated carbocycles. The summed E-state index contributed by atoms with van der Waals surface area (Å²) in [6.45, 7) is 3.13. The fourth-order valence-electron chi connectivity index (χ4n) is 2.78. The van der Waals surface area contributed by atoms with Crippen LogP contribution >= 0.6 is 24.0 Å². The lowest BCUT2D eigenvalue weighted by atomic mass is 10.2. The van der Waals surface area contributed by atoms with Crippen LogP contribution in [0, 0.1) is 0 Å². The van der Waals surface area contributed by atoms with Crippen LogP contribution in [-0.4, -0.2) is 45.5 Å². The summed E-state index contributed by atoms with van der Waals surface area (Å²) in [6.07, 6.45) is 4.63. The summed E-state index contributed by atoms with van der Waals surface area (Å²) < 4.78 is 17.0. The number of fused-ring (bicyclic) bond motifs is 1. The van der Waals surface area contributed by atoms with Crippen LogP contribution in [0.5, 0.6) is 11.5 Å². The van der Waals surface area contributed by atoms with Gasteiger partial charge in [-0.15, -0.1) is 24.0 Å². The molecule has 0 bridgehead atoms. The van der Waals surface area contributed by atoms with Gasteiger partial charge < -0.3 is 24.8 Å². The fraction of sp³-hybridized carbons (Fsp3) is 0.588. The maximum absolute atomic E-state index is 5.71. The number of benzene rings is 1. The molecule has 3 rings (SSSR count). The molecule has 2 heterocycles. The van der Waals surface area contributed by atoms with Crippen LogP contribution < -0.4 is 20.1 Å². The van der Waals surface area contributed by atoms with Crippen molar-refractivity contribution in [3.8, 4) is 11.5 Å². The van der Waals surface area contributed by atoms with Crippen LogP contribution in [0.25, 0.3) is 0 Å². The third kappa shape index (κ3) is 5.41. The first-order chi connectivity index (χ1) is 11.3. The Kier molecular flexibility index (Phi) is 7.90. The molecule has 0 aromatic heterocycles. The van der Waals surface area contributed by atoms with Gasteiger partial charge in [-0.1, -0.05) is 0 Å². The summed E-state index contributed by atoms with van der Waals surface area (Å²) in [5, 5.41) is 6.61. The largest absolute Gasteiger partial charge is 0.490 e. The summed E-state index contributed by atoms with van der Waals surface area (Å²) in [5.41, 5.74) is 0.930. The van der Waals surface area contributed by atoms with E-state index in [1.54, 1.807) is 7.05 Å². The minimum Gasteiger partial charge on any atom is -0.490 e. The highest BCUT2D eigenvalue weighted by Gasteiger charge is 2.15. The van der Waals surface area contributed by atoms with E-state index >= 15 is 0 Å². The maximum atomic E-state index is 5.71. The van der Waals surface area contributed by atoms with Crippen LogP contribution in [0.4, 0.5) is 5.69 Å². The predicted molar refractivity (Wildman–Crippen MR) is 106 cm³/mol. The number of halogens is 1. The third-order valence-electron chi connectivity index (χ3n) is 4.02. The standard InChI is InChI=1S/C17H25N3O3.HI/c1-18-17(19-8-7-14-4-2-9-21-14)20-13-5-6-15-16(12-13)23-11-3-10-22-15;/h5-6,12,14H,2-4,7-11H2,1H3,(H2,18,19,20);1H. The fourth-order valence-corrected chi connectivity index (χ4v) is 2.78. The van der Waals surface area contributed by atoms with Crippen molar-refractivity contribution in [1.29, 1.82) is 0 Å². The Morgan fingerprint density at radius 2 is 2.00 bits per heavy atom. The zero-order valence-corrected chi connectivity index (χ0v) is 16.4. The van der Waals surface area contributed by atoms with Gasteiger partial charge in [-0.25, -0.2) is 0 Å². The monoisotopic (exact) mass is 447 g/mol. The Morgan fingerprint density at radius 1 is 1.17 bits per heavy atom. The van der Waals surface area contributed by atoms with Crippen molar-refractivity contribution < 1.29 is 14.2 Å². The van der Waals surface area contributed by atoms with Gasteiger partial charge in [0.25, 0.3) is 0 Å². The van der Waals surface area contributed by atoms with E-state index in [-0.39, 0.29) is 24.0 Å². The van der Waals surface area contributed by atoms with E-state index in [1.165, 1.54) is 6.42 Å². The Bertz CT molecular complexity index is 548. The number of nitrogens with one attached hydrogen (secondary N) is 2. The van der Waals surface area contributed by atoms with Crippen LogP contribution in [0.2, 0.25) is 0 Å². The molecule has 1 aromatic rings. The molecule has 2 aliphatic heterocycles. The molecule has 0 aliphatic carbocycles. The minimum absolute atomic E-state index is 0. The number of anilines is 1. The van der Waals surface area contributed by atoms with E-state index in [0.29, 0.717) is 19.3 Å². The first-order valence-corrected chi connectivity index (χ1v) is 8.34. The molecule has 1 saturated heterocycles. The zero-order valence-electron chi connectivity index (χ0n) is 14.0. The molecule has 24 heavy (non-hydrogen) atoms. The van der Waals surface area contributed by atoms with Gasteiger partial charge in [-0.05, 0) is 31.4 Å². The van der Waals surface area contributed by atoms with Gasteiger partial charge in [0, 0.05) is 38.4 Å². The molecule has 1 aromatic carbocycles. The smallest absolute Gasteiger partial charge is 0.195 e. The summed E-state index contributed by atoms with van der Waals surface area (Å²) in [7, 11) is 1.77. The molecule has 6 nitrogen and oxygen atoms in total. The second-order valence-electron chi connectivity index (χ2n) is 5.76. The minimum atomic E-state index is 0. The van der Waals surface area contributed by atoms with Gasteiger partial charge in [-0.2, -0.15) is 0 Å². The first kappa shape index (κ1) is 19.1. The van der Waals surface area contributed by atoms with Gasteiger partial charge in [0.1, 0.15) is 0 Å². The summed E-state index contributed by atoms with van der Waals surface area (Å²) in [4.78, 5) is 4.26. The van der Waals surface area contributed by atoms with E-state index in [1.807, 2.05) is 18.2 Å². The quantitative estimate of drug-likeness (QED) is 0.422. The highest BCUT2D eigenvalue weighted by molar-refractivity contribution is 14.0. The molecular formula is C17H26IN3O3. The highest BCUT2D eigenvalue weighted by Crippen LogP contribution is 2.32. The van der Waals surface area contributed by atoms with Crippen molar-refractivity contribution in [2.75, 3.05) is 38.7 Å². The molecule has 134 valence electrons. The normalized spacial score (nSPS) is 20.0. The lowest BCUT2D eigenvalue weighted by Gasteiger charge is -2.15. The Hall–Kier alpha value is -1.22. The molecule has 0 amide bonds. The molecule has 1 atom stereocenters. The van der Waals surface area contributed by atoms with E-state index in [9.17, 15) is 0 Å². The van der Waals surface area contributed by atoms with Crippen molar-refractivity contribution in [2.45, 2.75) is 31.8 Å². The van der Waals surface area contributed by atoms with Gasteiger partial charge in [0.15, 0.2) is 17.5 Å². The van der Waals surface area contributed by atoms with E-state index in [0.717, 1.165) is 55.6 Å². The lowest BCUT2D eigenvalue weighted by molar-refractivity contribution is 0.105. The SMILES string of the molecule is CN=C(NCCC1CCCO1)Nc1ccc2c(c1)OCCCO2.I. The van der Waals surface area contributed by atoms with Gasteiger partial charge >= 0.3 is 0 Å². The number of hydrogen-bond acceptors (Lipinski definition) is 4. The number of nitrogens with zero attached hydrogens (tertiary/aromatic N) is 1. The number of rotatable bonds is 4. The molecule has 2 aliphatic rings. The summed E-state index contributed by atoms with van der Waals surface area (Å²) >= 11 is 0. The average molecular weight is 447 g/mol. The van der Waals surface area contributed by atoms with E-state index < -0.39 is 0 Å². The van der Waals surface area contributed by atoms with Crippen molar-refractivity contribution in [3.05, 3.63) is 18.2 Å². The third-order valence-corrected chi connectivity index (χ3v) is 4.02. The highest BCUT2D eigenvalue weighted by atomic mass is 127. The Labute approximate surface area is 160 Å². The zero-order chi connectivity index (χ0) is 15.9. The summed E-state index contributed by atoms with van der Waals surface area (Å²) in [5.74, 6) is 2.33. The topological polar surface area (TPSA) is 64.1 Å². The van der Waals surface area contributed by atoms with Crippen molar-refractivity contribution >= 4 is 35.6 Å². The summed E-state index contributed by atoms with van der Waals surface area (Å²) in [6, 6.07) is 5.86. The Morgan fingerprint density at radius 3 is 2.75 bits per heavy atom. The van der Waals surface area contributed by atoms with Crippen LogP contribution in [-0.2, 0) is 4.74 Å². The molecule has 0 radical (unpaired) electrons. The lowest BCUT2D eigenvalue weighted by Crippen LogP contribution is -2.32. The maximum Gasteiger partial charge on any atom is 0.195 e. The van der Waals surface area contributed by atoms with Crippen molar-refractivity contribution in [3.63, 3.8) is 0 Å². The van der Waals surface area contributed by atoms with Crippen LogP contribution in [0.15, 0.2) is 23.2 Å². The predicted octanol–water partition coefficient (Wildman–Crippen LogP) is 3.02. The number of aliphatic imine (C=N–C) groups is 1. The van der Waals surface area contributed by atoms with Gasteiger partial charge in [0.05, 0.1) is 19.3 Å². The van der Waals surface area contributed by atoms with Crippen LogP contribution in [0.3, 0.4) is 0 Å². The van der Waals surface area contributed by atoms with Crippen molar-refractivity contribution in [1.82, 2.24) is 5.32 Å². The van der Waals surface area contributed by atoms with Crippen molar-refractivity contribution in [2.24, 2.45) is 4.99 Å². The first-order valence-electron chi connectivity index (χ1n) is 8.34. The molecule has 1 fully saturated rings. The van der Waals surface area contributed by atoms with E-state index in [4.69, 9.17) is 14.2 Å². The Balaban J connectivity index is 0.00000208. The molecule has 1 unspecified atom stereocenters.